The largest absolute Gasteiger partial charge is 0.366 e. The topological polar surface area (TPSA) is 119 Å². The second-order valence-electron chi connectivity index (χ2n) is 3.51. The van der Waals surface area contributed by atoms with Gasteiger partial charge in [-0.3, -0.25) is 14.4 Å². The number of rotatable bonds is 2. The number of aromatic amines is 1. The number of nitrogens with one attached hydrogen (secondary N) is 1. The Bertz CT molecular complexity index is 688. The predicted octanol–water partition coefficient (Wildman–Crippen LogP) is -0.274. The Hall–Kier alpha value is -2.63. The van der Waals surface area contributed by atoms with Gasteiger partial charge in [0.25, 0.3) is 17.4 Å². The van der Waals surface area contributed by atoms with Crippen molar-refractivity contribution < 1.29 is 9.59 Å². The van der Waals surface area contributed by atoms with Crippen LogP contribution in [0.3, 0.4) is 0 Å². The number of carbonyl (C=O) groups excluding carboxylic acids is 2. The average molecular weight is 231 g/mol. The van der Waals surface area contributed by atoms with Gasteiger partial charge in [-0.1, -0.05) is 12.1 Å². The molecule has 6 heteroatoms. The first-order chi connectivity index (χ1) is 8.00. The first-order valence-corrected chi connectivity index (χ1v) is 4.76. The van der Waals surface area contributed by atoms with Crippen molar-refractivity contribution in [1.82, 2.24) is 4.98 Å². The molecule has 5 N–H and O–H groups in total. The fraction of sp³-hybridized carbons (Fsp3) is 0. The second-order valence-corrected chi connectivity index (χ2v) is 3.51. The van der Waals surface area contributed by atoms with Crippen LogP contribution >= 0.6 is 0 Å². The van der Waals surface area contributed by atoms with Crippen molar-refractivity contribution in [3.05, 3.63) is 45.7 Å². The van der Waals surface area contributed by atoms with Crippen LogP contribution in [0.4, 0.5) is 0 Å². The van der Waals surface area contributed by atoms with E-state index in [9.17, 15) is 14.4 Å². The summed E-state index contributed by atoms with van der Waals surface area (Å²) in [4.78, 5) is 36.1. The number of primary amides is 2. The number of benzene rings is 1. The number of hydrogen-bond donors (Lipinski definition) is 3. The monoisotopic (exact) mass is 231 g/mol. The van der Waals surface area contributed by atoms with Crippen LogP contribution in [0.2, 0.25) is 0 Å². The Labute approximate surface area is 95.2 Å². The molecule has 86 valence electrons. The molecule has 1 aromatic carbocycles. The number of para-hydroxylation sites is 1. The van der Waals surface area contributed by atoms with Crippen LogP contribution in [0, 0.1) is 0 Å². The van der Waals surface area contributed by atoms with Gasteiger partial charge in [-0.15, -0.1) is 0 Å². The maximum Gasteiger partial charge on any atom is 0.261 e. The molecule has 1 heterocycles. The molecule has 0 fully saturated rings. The van der Waals surface area contributed by atoms with Gasteiger partial charge in [-0.2, -0.15) is 0 Å². The van der Waals surface area contributed by atoms with E-state index in [0.717, 1.165) is 0 Å². The van der Waals surface area contributed by atoms with Crippen LogP contribution in [0.15, 0.2) is 29.1 Å². The lowest BCUT2D eigenvalue weighted by molar-refractivity contribution is 0.0992. The molecule has 2 rings (SSSR count). The third-order valence-corrected chi connectivity index (χ3v) is 2.41. The van der Waals surface area contributed by atoms with E-state index in [-0.39, 0.29) is 11.1 Å². The van der Waals surface area contributed by atoms with Gasteiger partial charge in [0.05, 0.1) is 11.1 Å². The van der Waals surface area contributed by atoms with Crippen molar-refractivity contribution in [3.8, 4) is 0 Å². The molecule has 17 heavy (non-hydrogen) atoms. The Morgan fingerprint density at radius 2 is 1.71 bits per heavy atom. The number of H-pyrrole nitrogens is 1. The number of carbonyl (C=O) groups is 2. The van der Waals surface area contributed by atoms with Crippen molar-refractivity contribution in [1.29, 1.82) is 0 Å². The van der Waals surface area contributed by atoms with Gasteiger partial charge < -0.3 is 16.5 Å². The third-order valence-electron chi connectivity index (χ3n) is 2.41. The molecule has 0 saturated heterocycles. The minimum atomic E-state index is -0.822. The number of nitrogens with two attached hydrogens (primary N) is 2. The summed E-state index contributed by atoms with van der Waals surface area (Å²) in [5.41, 5.74) is 9.93. The zero-order chi connectivity index (χ0) is 12.6. The molecule has 1 aromatic heterocycles. The van der Waals surface area contributed by atoms with Crippen molar-refractivity contribution in [3.63, 3.8) is 0 Å². The van der Waals surface area contributed by atoms with Crippen molar-refractivity contribution in [2.24, 2.45) is 11.5 Å². The summed E-state index contributed by atoms with van der Waals surface area (Å²) in [5, 5.41) is 0.523. The van der Waals surface area contributed by atoms with Crippen LogP contribution in [0.5, 0.6) is 0 Å². The van der Waals surface area contributed by atoms with Crippen LogP contribution in [-0.4, -0.2) is 16.8 Å². The Kier molecular flexibility index (Phi) is 2.40. The summed E-state index contributed by atoms with van der Waals surface area (Å²) < 4.78 is 0. The Morgan fingerprint density at radius 1 is 1.06 bits per heavy atom. The van der Waals surface area contributed by atoms with Crippen LogP contribution in [-0.2, 0) is 0 Å². The first-order valence-electron chi connectivity index (χ1n) is 4.76. The Balaban J connectivity index is 2.87. The molecular weight excluding hydrogens is 222 g/mol. The lowest BCUT2D eigenvalue weighted by atomic mass is 10.1. The maximum atomic E-state index is 11.5. The molecule has 2 amide bonds. The number of pyridine rings is 1. The van der Waals surface area contributed by atoms with Gasteiger partial charge >= 0.3 is 0 Å². The van der Waals surface area contributed by atoms with Crippen LogP contribution in [0.25, 0.3) is 10.9 Å². The smallest absolute Gasteiger partial charge is 0.261 e. The molecular formula is C11H9N3O3. The molecule has 0 spiro atoms. The van der Waals surface area contributed by atoms with Crippen molar-refractivity contribution in [2.45, 2.75) is 0 Å². The molecule has 0 radical (unpaired) electrons. The summed E-state index contributed by atoms with van der Waals surface area (Å²) in [6.07, 6.45) is 0. The number of fused-ring (bicyclic) bond motifs is 1. The molecule has 0 atom stereocenters. The van der Waals surface area contributed by atoms with Gasteiger partial charge in [-0.05, 0) is 17.5 Å². The van der Waals surface area contributed by atoms with Crippen molar-refractivity contribution >= 4 is 22.7 Å². The minimum Gasteiger partial charge on any atom is -0.366 e. The quantitative estimate of drug-likeness (QED) is 0.659. The number of aromatic nitrogens is 1. The number of hydrogen-bond acceptors (Lipinski definition) is 3. The lowest BCUT2D eigenvalue weighted by Gasteiger charge is -2.03. The SMILES string of the molecule is NC(=O)c1cc2cccc(C(N)=O)c2[nH]c1=O. The first kappa shape index (κ1) is 10.9. The predicted molar refractivity (Wildman–Crippen MR) is 61.6 cm³/mol. The highest BCUT2D eigenvalue weighted by Gasteiger charge is 2.12. The summed E-state index contributed by atoms with van der Waals surface area (Å²) in [6.45, 7) is 0. The van der Waals surface area contributed by atoms with E-state index in [1.165, 1.54) is 12.1 Å². The van der Waals surface area contributed by atoms with Gasteiger partial charge in [0, 0.05) is 0 Å². The summed E-state index contributed by atoms with van der Waals surface area (Å²) in [5.74, 6) is -1.48. The van der Waals surface area contributed by atoms with Gasteiger partial charge in [-0.25, -0.2) is 0 Å². The number of amides is 2. The molecule has 0 aliphatic heterocycles. The summed E-state index contributed by atoms with van der Waals surface area (Å²) >= 11 is 0. The highest BCUT2D eigenvalue weighted by molar-refractivity contribution is 6.06. The Morgan fingerprint density at radius 3 is 2.29 bits per heavy atom. The standard InChI is InChI=1S/C11H9N3O3/c12-9(15)6-3-1-2-5-4-7(10(13)16)11(17)14-8(5)6/h1-4H,(H2,12,15)(H2,13,16)(H,14,17). The van der Waals surface area contributed by atoms with Crippen LogP contribution < -0.4 is 17.0 Å². The molecule has 0 bridgehead atoms. The van der Waals surface area contributed by atoms with Gasteiger partial charge in [0.1, 0.15) is 5.56 Å². The van der Waals surface area contributed by atoms with E-state index in [1.54, 1.807) is 12.1 Å². The van der Waals surface area contributed by atoms with E-state index in [0.29, 0.717) is 10.9 Å². The molecule has 2 aromatic rings. The second kappa shape index (κ2) is 3.75. The molecule has 6 nitrogen and oxygen atoms in total. The average Bonchev–Trinajstić information content (AvgIpc) is 2.26. The summed E-state index contributed by atoms with van der Waals surface area (Å²) in [6, 6.07) is 6.07. The molecule has 0 aliphatic carbocycles. The lowest BCUT2D eigenvalue weighted by Crippen LogP contribution is -2.24. The third kappa shape index (κ3) is 1.76. The zero-order valence-electron chi connectivity index (χ0n) is 8.69. The molecule has 0 saturated carbocycles. The fourth-order valence-electron chi connectivity index (χ4n) is 1.62. The van der Waals surface area contributed by atoms with Crippen molar-refractivity contribution in [2.75, 3.05) is 0 Å². The zero-order valence-corrected chi connectivity index (χ0v) is 8.69. The van der Waals surface area contributed by atoms with Crippen LogP contribution in [0.1, 0.15) is 20.7 Å². The molecule has 0 unspecified atom stereocenters. The van der Waals surface area contributed by atoms with E-state index in [2.05, 4.69) is 4.98 Å². The fourth-order valence-corrected chi connectivity index (χ4v) is 1.62. The highest BCUT2D eigenvalue weighted by atomic mass is 16.2. The molecule has 0 aliphatic rings. The van der Waals surface area contributed by atoms with Gasteiger partial charge in [0.2, 0.25) is 0 Å². The van der Waals surface area contributed by atoms with E-state index < -0.39 is 17.4 Å². The van der Waals surface area contributed by atoms with E-state index in [4.69, 9.17) is 11.5 Å². The van der Waals surface area contributed by atoms with E-state index in [1.807, 2.05) is 0 Å². The van der Waals surface area contributed by atoms with Gasteiger partial charge in [0.15, 0.2) is 0 Å². The summed E-state index contributed by atoms with van der Waals surface area (Å²) in [7, 11) is 0. The minimum absolute atomic E-state index is 0.154. The highest BCUT2D eigenvalue weighted by Crippen LogP contribution is 2.15. The maximum absolute atomic E-state index is 11.5. The van der Waals surface area contributed by atoms with E-state index >= 15 is 0 Å². The normalized spacial score (nSPS) is 10.4.